The van der Waals surface area contributed by atoms with E-state index in [0.29, 0.717) is 15.8 Å². The molecule has 1 N–H and O–H groups in total. The zero-order chi connectivity index (χ0) is 10.1. The Morgan fingerprint density at radius 2 is 2.14 bits per heavy atom. The Balaban J connectivity index is 2.78. The molecule has 14 heavy (non-hydrogen) atoms. The quantitative estimate of drug-likeness (QED) is 0.526. The molecule has 1 aromatic heterocycles. The molecule has 0 saturated heterocycles. The van der Waals surface area contributed by atoms with Crippen molar-refractivity contribution < 1.29 is 14.6 Å². The molecule has 70 valence electrons. The summed E-state index contributed by atoms with van der Waals surface area (Å²) >= 11 is 0. The van der Waals surface area contributed by atoms with E-state index in [4.69, 9.17) is 5.11 Å². The third-order valence-electron chi connectivity index (χ3n) is 1.82. The summed E-state index contributed by atoms with van der Waals surface area (Å²) in [6.45, 7) is 0. The van der Waals surface area contributed by atoms with Gasteiger partial charge < -0.3 is 10.3 Å². The van der Waals surface area contributed by atoms with Crippen LogP contribution in [0, 0.1) is 5.21 Å². The van der Waals surface area contributed by atoms with Gasteiger partial charge in [-0.05, 0) is 6.07 Å². The Labute approximate surface area is 78.8 Å². The van der Waals surface area contributed by atoms with Crippen LogP contribution >= 0.6 is 0 Å². The number of aromatic nitrogens is 2. The van der Waals surface area contributed by atoms with E-state index in [9.17, 15) is 10.0 Å². The molecule has 0 atom stereocenters. The highest BCUT2D eigenvalue weighted by molar-refractivity contribution is 5.86. The van der Waals surface area contributed by atoms with E-state index in [1.165, 1.54) is 0 Å². The Morgan fingerprint density at radius 1 is 1.43 bits per heavy atom. The molecule has 5 nitrogen and oxygen atoms in total. The number of para-hydroxylation sites is 2. The number of benzene rings is 1. The molecule has 5 heteroatoms. The Hall–Kier alpha value is -2.17. The minimum atomic E-state index is -1.21. The minimum Gasteiger partial charge on any atom is -0.618 e. The van der Waals surface area contributed by atoms with Crippen molar-refractivity contribution in [3.05, 3.63) is 41.4 Å². The average Bonchev–Trinajstić information content (AvgIpc) is 2.17. The van der Waals surface area contributed by atoms with Crippen molar-refractivity contribution in [3.8, 4) is 0 Å². The summed E-state index contributed by atoms with van der Waals surface area (Å²) in [6, 6.07) is 6.57. The van der Waals surface area contributed by atoms with Gasteiger partial charge in [0.25, 0.3) is 0 Å². The number of aromatic carboxylic acids is 1. The van der Waals surface area contributed by atoms with Crippen molar-refractivity contribution in [2.24, 2.45) is 0 Å². The summed E-state index contributed by atoms with van der Waals surface area (Å²) in [5.74, 6) is -1.21. The van der Waals surface area contributed by atoms with Crippen LogP contribution in [-0.2, 0) is 0 Å². The van der Waals surface area contributed by atoms with Crippen LogP contribution in [-0.4, -0.2) is 16.1 Å². The first-order chi connectivity index (χ1) is 6.68. The van der Waals surface area contributed by atoms with E-state index in [1.54, 1.807) is 24.3 Å². The fourth-order valence-electron chi connectivity index (χ4n) is 1.19. The average molecular weight is 190 g/mol. The predicted molar refractivity (Wildman–Crippen MR) is 47.7 cm³/mol. The van der Waals surface area contributed by atoms with Gasteiger partial charge in [-0.2, -0.15) is 4.73 Å². The fraction of sp³-hybridized carbons (Fsp3) is 0. The van der Waals surface area contributed by atoms with Gasteiger partial charge in [0, 0.05) is 6.07 Å². The fourth-order valence-corrected chi connectivity index (χ4v) is 1.19. The highest BCUT2D eigenvalue weighted by atomic mass is 16.5. The highest BCUT2D eigenvalue weighted by Crippen LogP contribution is 2.06. The number of nitrogens with zero attached hydrogens (tertiary/aromatic N) is 2. The number of fused-ring (bicyclic) bond motifs is 1. The van der Waals surface area contributed by atoms with Crippen LogP contribution in [0.4, 0.5) is 0 Å². The Bertz CT molecular complexity index is 510. The van der Waals surface area contributed by atoms with Crippen molar-refractivity contribution >= 4 is 17.0 Å². The maximum Gasteiger partial charge on any atom is 0.360 e. The lowest BCUT2D eigenvalue weighted by atomic mass is 10.3. The van der Waals surface area contributed by atoms with Gasteiger partial charge in [0.1, 0.15) is 5.52 Å². The third kappa shape index (κ3) is 1.24. The van der Waals surface area contributed by atoms with E-state index in [1.807, 2.05) is 0 Å². The molecule has 1 heterocycles. The summed E-state index contributed by atoms with van der Waals surface area (Å²) in [4.78, 5) is 14.4. The number of hydrogen-bond acceptors (Lipinski definition) is 3. The predicted octanol–water partition coefficient (Wildman–Crippen LogP) is 0.566. The van der Waals surface area contributed by atoms with Crippen LogP contribution in [0.1, 0.15) is 10.5 Å². The van der Waals surface area contributed by atoms with E-state index in [0.717, 1.165) is 6.20 Å². The van der Waals surface area contributed by atoms with Crippen LogP contribution < -0.4 is 4.73 Å². The zero-order valence-corrected chi connectivity index (χ0v) is 7.04. The van der Waals surface area contributed by atoms with Gasteiger partial charge in [-0.15, -0.1) is 0 Å². The number of hydrogen-bond donors (Lipinski definition) is 1. The van der Waals surface area contributed by atoms with E-state index >= 15 is 0 Å². The normalized spacial score (nSPS) is 10.3. The van der Waals surface area contributed by atoms with Gasteiger partial charge >= 0.3 is 5.97 Å². The summed E-state index contributed by atoms with van der Waals surface area (Å²) in [6.07, 6.45) is 0.949. The summed E-state index contributed by atoms with van der Waals surface area (Å²) in [5.41, 5.74) is 0.485. The van der Waals surface area contributed by atoms with Crippen LogP contribution in [0.2, 0.25) is 0 Å². The smallest absolute Gasteiger partial charge is 0.360 e. The lowest BCUT2D eigenvalue weighted by Gasteiger charge is -2.01. The number of carboxylic acids is 1. The molecule has 0 bridgehead atoms. The number of carboxylic acid groups (broad SMARTS) is 1. The second kappa shape index (κ2) is 2.95. The first-order valence-corrected chi connectivity index (χ1v) is 3.91. The molecular formula is C9H6N2O3. The van der Waals surface area contributed by atoms with Gasteiger partial charge in [-0.1, -0.05) is 12.1 Å². The number of carbonyl (C=O) groups is 1. The molecule has 0 spiro atoms. The maximum atomic E-state index is 11.3. The van der Waals surface area contributed by atoms with Crippen LogP contribution in [0.15, 0.2) is 30.5 Å². The Kier molecular flexibility index (Phi) is 1.78. The minimum absolute atomic E-state index is 0.251. The summed E-state index contributed by atoms with van der Waals surface area (Å²) in [7, 11) is 0. The van der Waals surface area contributed by atoms with Gasteiger partial charge in [0.05, 0.1) is 0 Å². The molecule has 1 aromatic carbocycles. The molecule has 0 fully saturated rings. The maximum absolute atomic E-state index is 11.3. The van der Waals surface area contributed by atoms with Crippen molar-refractivity contribution in [1.82, 2.24) is 4.98 Å². The van der Waals surface area contributed by atoms with Gasteiger partial charge in [0.15, 0.2) is 0 Å². The van der Waals surface area contributed by atoms with Crippen LogP contribution in [0.25, 0.3) is 11.0 Å². The second-order valence-electron chi connectivity index (χ2n) is 2.75. The monoisotopic (exact) mass is 190 g/mol. The van der Waals surface area contributed by atoms with Gasteiger partial charge in [0.2, 0.25) is 17.4 Å². The van der Waals surface area contributed by atoms with Crippen LogP contribution in [0.3, 0.4) is 0 Å². The molecule has 0 aliphatic heterocycles. The van der Waals surface area contributed by atoms with Crippen molar-refractivity contribution in [2.75, 3.05) is 0 Å². The summed E-state index contributed by atoms with van der Waals surface area (Å²) in [5, 5.41) is 20.0. The van der Waals surface area contributed by atoms with Crippen molar-refractivity contribution in [2.45, 2.75) is 0 Å². The molecule has 2 aromatic rings. The molecule has 2 rings (SSSR count). The number of rotatable bonds is 1. The van der Waals surface area contributed by atoms with Gasteiger partial charge in [-0.25, -0.2) is 9.78 Å². The zero-order valence-electron chi connectivity index (χ0n) is 7.04. The standard InChI is InChI=1S/C9H6N2O3/c12-9(13)7-5-11(14)8-4-2-1-3-6(8)10-7/h1-5H,(H,12,13). The first-order valence-electron chi connectivity index (χ1n) is 3.91. The first kappa shape index (κ1) is 8.43. The van der Waals surface area contributed by atoms with E-state index < -0.39 is 5.97 Å². The molecule has 0 saturated carbocycles. The lowest BCUT2D eigenvalue weighted by Crippen LogP contribution is -2.29. The van der Waals surface area contributed by atoms with E-state index in [-0.39, 0.29) is 5.69 Å². The molecular weight excluding hydrogens is 184 g/mol. The molecule has 0 aliphatic carbocycles. The highest BCUT2D eigenvalue weighted by Gasteiger charge is 2.12. The van der Waals surface area contributed by atoms with Gasteiger partial charge in [-0.3, -0.25) is 0 Å². The largest absolute Gasteiger partial charge is 0.618 e. The molecule has 0 unspecified atom stereocenters. The topological polar surface area (TPSA) is 77.1 Å². The van der Waals surface area contributed by atoms with Crippen molar-refractivity contribution in [3.63, 3.8) is 0 Å². The van der Waals surface area contributed by atoms with Crippen molar-refractivity contribution in [1.29, 1.82) is 0 Å². The molecule has 0 amide bonds. The SMILES string of the molecule is O=C(O)c1c[n+]([O-])c2ccccc2n1. The second-order valence-corrected chi connectivity index (χ2v) is 2.75. The van der Waals surface area contributed by atoms with Crippen LogP contribution in [0.5, 0.6) is 0 Å². The molecule has 0 radical (unpaired) electrons. The molecule has 0 aliphatic rings. The lowest BCUT2D eigenvalue weighted by molar-refractivity contribution is -0.577. The summed E-state index contributed by atoms with van der Waals surface area (Å²) < 4.78 is 0.506. The third-order valence-corrected chi connectivity index (χ3v) is 1.82. The Morgan fingerprint density at radius 3 is 2.86 bits per heavy atom. The van der Waals surface area contributed by atoms with E-state index in [2.05, 4.69) is 4.98 Å².